The molecule has 1 amide bonds. The van der Waals surface area contributed by atoms with Gasteiger partial charge in [0.15, 0.2) is 0 Å². The lowest BCUT2D eigenvalue weighted by molar-refractivity contribution is 0.0713. The molecule has 1 aromatic heterocycles. The smallest absolute Gasteiger partial charge is 0.263 e. The van der Waals surface area contributed by atoms with Crippen molar-refractivity contribution in [3.63, 3.8) is 0 Å². The molecule has 0 aromatic carbocycles. The lowest BCUT2D eigenvalue weighted by Crippen LogP contribution is -2.45. The van der Waals surface area contributed by atoms with E-state index in [9.17, 15) is 4.79 Å². The van der Waals surface area contributed by atoms with Gasteiger partial charge in [-0.05, 0) is 37.3 Å². The van der Waals surface area contributed by atoms with Gasteiger partial charge in [0, 0.05) is 24.0 Å². The Morgan fingerprint density at radius 1 is 1.50 bits per heavy atom. The highest BCUT2D eigenvalue weighted by Crippen LogP contribution is 2.26. The lowest BCUT2D eigenvalue weighted by atomic mass is 10.1. The highest BCUT2D eigenvalue weighted by Gasteiger charge is 2.24. The molecular weight excluding hydrogens is 292 g/mol. The second-order valence-corrected chi connectivity index (χ2v) is 6.45. The number of carbonyl (C=O) groups excluding carboxylic acids is 1. The van der Waals surface area contributed by atoms with Crippen LogP contribution in [0.3, 0.4) is 0 Å². The van der Waals surface area contributed by atoms with Gasteiger partial charge in [0.05, 0.1) is 4.88 Å². The number of piperidine rings is 1. The fraction of sp³-hybridized carbons (Fsp3) is 0.667. The van der Waals surface area contributed by atoms with E-state index in [1.165, 1.54) is 10.4 Å². The Labute approximate surface area is 131 Å². The molecule has 1 unspecified atom stereocenters. The SMILES string of the molecule is CCCc1sc(C(=O)N2CCCC(N)C2)cc1CC.Cl. The van der Waals surface area contributed by atoms with E-state index in [-0.39, 0.29) is 24.4 Å². The van der Waals surface area contributed by atoms with Gasteiger partial charge < -0.3 is 10.6 Å². The van der Waals surface area contributed by atoms with E-state index in [2.05, 4.69) is 19.9 Å². The number of amides is 1. The van der Waals surface area contributed by atoms with Gasteiger partial charge in [-0.2, -0.15) is 0 Å². The molecule has 0 bridgehead atoms. The Bertz CT molecular complexity index is 447. The van der Waals surface area contributed by atoms with Gasteiger partial charge >= 0.3 is 0 Å². The Balaban J connectivity index is 0.00000200. The minimum atomic E-state index is 0. The van der Waals surface area contributed by atoms with Crippen molar-refractivity contribution < 1.29 is 4.79 Å². The molecule has 5 heteroatoms. The van der Waals surface area contributed by atoms with E-state index in [1.807, 2.05) is 4.90 Å². The van der Waals surface area contributed by atoms with E-state index in [1.54, 1.807) is 11.3 Å². The van der Waals surface area contributed by atoms with Crippen LogP contribution in [0.2, 0.25) is 0 Å². The number of rotatable bonds is 4. The third-order valence-corrected chi connectivity index (χ3v) is 4.94. The number of likely N-dealkylation sites (tertiary alicyclic amines) is 1. The van der Waals surface area contributed by atoms with Crippen molar-refractivity contribution in [1.82, 2.24) is 4.90 Å². The summed E-state index contributed by atoms with van der Waals surface area (Å²) in [5.41, 5.74) is 7.30. The predicted molar refractivity (Wildman–Crippen MR) is 88.1 cm³/mol. The van der Waals surface area contributed by atoms with E-state index in [4.69, 9.17) is 5.73 Å². The summed E-state index contributed by atoms with van der Waals surface area (Å²) in [6.45, 7) is 5.91. The summed E-state index contributed by atoms with van der Waals surface area (Å²) >= 11 is 1.68. The van der Waals surface area contributed by atoms with Crippen molar-refractivity contribution in [2.75, 3.05) is 13.1 Å². The maximum atomic E-state index is 12.5. The Hall–Kier alpha value is -0.580. The van der Waals surface area contributed by atoms with Crippen molar-refractivity contribution in [2.45, 2.75) is 52.0 Å². The first-order valence-electron chi connectivity index (χ1n) is 7.32. The van der Waals surface area contributed by atoms with Crippen LogP contribution in [0, 0.1) is 0 Å². The molecule has 20 heavy (non-hydrogen) atoms. The summed E-state index contributed by atoms with van der Waals surface area (Å²) in [4.78, 5) is 16.7. The maximum Gasteiger partial charge on any atom is 0.263 e. The molecule has 3 nitrogen and oxygen atoms in total. The molecule has 114 valence electrons. The maximum absolute atomic E-state index is 12.5. The predicted octanol–water partition coefficient (Wildman–Crippen LogP) is 3.25. The molecule has 0 aliphatic carbocycles. The molecule has 1 aromatic rings. The molecule has 1 aliphatic heterocycles. The number of nitrogens with two attached hydrogens (primary N) is 1. The number of carbonyl (C=O) groups is 1. The first-order valence-corrected chi connectivity index (χ1v) is 8.13. The number of halogens is 1. The average Bonchev–Trinajstić information content (AvgIpc) is 2.81. The normalized spacial score (nSPS) is 18.8. The standard InChI is InChI=1S/C15H24N2OS.ClH/c1-3-6-13-11(4-2)9-14(19-13)15(18)17-8-5-7-12(16)10-17;/h9,12H,3-8,10,16H2,1-2H3;1H. The largest absolute Gasteiger partial charge is 0.336 e. The minimum absolute atomic E-state index is 0. The van der Waals surface area contributed by atoms with Crippen LogP contribution >= 0.6 is 23.7 Å². The summed E-state index contributed by atoms with van der Waals surface area (Å²) in [5, 5.41) is 0. The van der Waals surface area contributed by atoms with Crippen molar-refractivity contribution in [2.24, 2.45) is 5.73 Å². The molecule has 1 fully saturated rings. The number of nitrogens with zero attached hydrogens (tertiary/aromatic N) is 1. The zero-order valence-electron chi connectivity index (χ0n) is 12.4. The quantitative estimate of drug-likeness (QED) is 0.927. The molecule has 0 radical (unpaired) electrons. The van der Waals surface area contributed by atoms with Crippen LogP contribution in [-0.2, 0) is 12.8 Å². The summed E-state index contributed by atoms with van der Waals surface area (Å²) < 4.78 is 0. The fourth-order valence-corrected chi connectivity index (χ4v) is 3.98. The highest BCUT2D eigenvalue weighted by atomic mass is 35.5. The van der Waals surface area contributed by atoms with Crippen molar-refractivity contribution in [3.05, 3.63) is 21.4 Å². The molecule has 0 spiro atoms. The van der Waals surface area contributed by atoms with Gasteiger partial charge in [-0.25, -0.2) is 0 Å². The first kappa shape index (κ1) is 17.5. The van der Waals surface area contributed by atoms with Gasteiger partial charge in [0.25, 0.3) is 5.91 Å². The number of hydrogen-bond acceptors (Lipinski definition) is 3. The molecule has 1 aliphatic rings. The second-order valence-electron chi connectivity index (χ2n) is 5.32. The monoisotopic (exact) mass is 316 g/mol. The summed E-state index contributed by atoms with van der Waals surface area (Å²) in [5.74, 6) is 0.178. The van der Waals surface area contributed by atoms with Gasteiger partial charge in [-0.15, -0.1) is 23.7 Å². The second kappa shape index (κ2) is 8.01. The van der Waals surface area contributed by atoms with Crippen LogP contribution in [0.25, 0.3) is 0 Å². The third kappa shape index (κ3) is 3.96. The number of aryl methyl sites for hydroxylation is 2. The van der Waals surface area contributed by atoms with Gasteiger partial charge in [-0.1, -0.05) is 20.3 Å². The van der Waals surface area contributed by atoms with E-state index < -0.39 is 0 Å². The minimum Gasteiger partial charge on any atom is -0.336 e. The molecule has 0 saturated carbocycles. The Morgan fingerprint density at radius 3 is 2.85 bits per heavy atom. The van der Waals surface area contributed by atoms with Crippen LogP contribution in [0.1, 0.15) is 53.2 Å². The van der Waals surface area contributed by atoms with Crippen LogP contribution in [-0.4, -0.2) is 29.9 Å². The number of thiophene rings is 1. The molecular formula is C15H25ClN2OS. The van der Waals surface area contributed by atoms with Crippen LogP contribution in [0.5, 0.6) is 0 Å². The van der Waals surface area contributed by atoms with Gasteiger partial charge in [0.2, 0.25) is 0 Å². The van der Waals surface area contributed by atoms with Gasteiger partial charge in [0.1, 0.15) is 0 Å². The fourth-order valence-electron chi connectivity index (χ4n) is 2.66. The zero-order chi connectivity index (χ0) is 13.8. The van der Waals surface area contributed by atoms with E-state index >= 15 is 0 Å². The van der Waals surface area contributed by atoms with Gasteiger partial charge in [-0.3, -0.25) is 4.79 Å². The summed E-state index contributed by atoms with van der Waals surface area (Å²) in [7, 11) is 0. The van der Waals surface area contributed by atoms with E-state index in [0.29, 0.717) is 6.54 Å². The Morgan fingerprint density at radius 2 is 2.25 bits per heavy atom. The number of hydrogen-bond donors (Lipinski definition) is 1. The first-order chi connectivity index (χ1) is 9.15. The van der Waals surface area contributed by atoms with E-state index in [0.717, 1.165) is 43.5 Å². The lowest BCUT2D eigenvalue weighted by Gasteiger charge is -2.30. The van der Waals surface area contributed by atoms with Crippen molar-refractivity contribution in [1.29, 1.82) is 0 Å². The zero-order valence-corrected chi connectivity index (χ0v) is 14.0. The van der Waals surface area contributed by atoms with Crippen LogP contribution in [0.4, 0.5) is 0 Å². The Kier molecular flexibility index (Phi) is 7.00. The van der Waals surface area contributed by atoms with Crippen LogP contribution in [0.15, 0.2) is 6.07 Å². The van der Waals surface area contributed by atoms with Crippen molar-refractivity contribution >= 4 is 29.7 Å². The topological polar surface area (TPSA) is 46.3 Å². The summed E-state index contributed by atoms with van der Waals surface area (Å²) in [6.07, 6.45) is 5.30. The average molecular weight is 317 g/mol. The summed E-state index contributed by atoms with van der Waals surface area (Å²) in [6, 6.07) is 2.25. The molecule has 2 rings (SSSR count). The highest BCUT2D eigenvalue weighted by molar-refractivity contribution is 7.14. The third-order valence-electron chi connectivity index (χ3n) is 3.71. The molecule has 1 saturated heterocycles. The molecule has 2 heterocycles. The van der Waals surface area contributed by atoms with Crippen LogP contribution < -0.4 is 5.73 Å². The molecule has 1 atom stereocenters. The van der Waals surface area contributed by atoms with Crippen molar-refractivity contribution in [3.8, 4) is 0 Å². The molecule has 2 N–H and O–H groups in total.